The number of nitrogens with zero attached hydrogens (tertiary/aromatic N) is 1. The summed E-state index contributed by atoms with van der Waals surface area (Å²) in [4.78, 5) is 26.5. The van der Waals surface area contributed by atoms with Crippen LogP contribution in [0.4, 0.5) is 0 Å². The third-order valence-electron chi connectivity index (χ3n) is 3.37. The molecule has 94 valence electrons. The van der Waals surface area contributed by atoms with E-state index >= 15 is 0 Å². The molecule has 0 aliphatic heterocycles. The van der Waals surface area contributed by atoms with E-state index in [2.05, 4.69) is 0 Å². The Morgan fingerprint density at radius 2 is 1.78 bits per heavy atom. The zero-order valence-corrected chi connectivity index (χ0v) is 11.0. The lowest BCUT2D eigenvalue weighted by atomic mass is 9.89. The molecule has 0 fully saturated rings. The quantitative estimate of drug-likeness (QED) is 0.819. The highest BCUT2D eigenvalue weighted by atomic mass is 16.1. The molecule has 0 unspecified atom stereocenters. The number of aryl methyl sites for hydroxylation is 1. The van der Waals surface area contributed by atoms with Gasteiger partial charge in [0.15, 0.2) is 5.78 Å². The van der Waals surface area contributed by atoms with Crippen molar-refractivity contribution in [3.05, 3.63) is 46.7 Å². The second-order valence-corrected chi connectivity index (χ2v) is 4.39. The first kappa shape index (κ1) is 12.6. The van der Waals surface area contributed by atoms with Gasteiger partial charge >= 0.3 is 0 Å². The van der Waals surface area contributed by atoms with Gasteiger partial charge < -0.3 is 4.90 Å². The fourth-order valence-corrected chi connectivity index (χ4v) is 2.37. The molecule has 0 spiro atoms. The highest BCUT2D eigenvalue weighted by Crippen LogP contribution is 2.25. The number of Topliss-reactive ketones (excluding diaryl/α,β-unsaturated/α-hetero) is 1. The molecule has 1 aromatic rings. The van der Waals surface area contributed by atoms with E-state index in [9.17, 15) is 9.59 Å². The third kappa shape index (κ3) is 1.86. The Bertz CT molecular complexity index is 539. The van der Waals surface area contributed by atoms with E-state index in [4.69, 9.17) is 0 Å². The Kier molecular flexibility index (Phi) is 3.32. The molecule has 1 aliphatic rings. The Labute approximate surface area is 107 Å². The molecule has 0 radical (unpaired) electrons. The first-order valence-corrected chi connectivity index (χ1v) is 6.25. The highest BCUT2D eigenvalue weighted by Gasteiger charge is 2.28. The largest absolute Gasteiger partial charge is 0.369 e. The van der Waals surface area contributed by atoms with Crippen LogP contribution in [-0.4, -0.2) is 29.6 Å². The Balaban J connectivity index is 2.55. The molecule has 1 aliphatic carbocycles. The second kappa shape index (κ2) is 4.77. The SMILES string of the molecule is CCN(CC)C1=CC(=O)c2cccc(C)c2C1=O. The summed E-state index contributed by atoms with van der Waals surface area (Å²) in [5.41, 5.74) is 2.47. The smallest absolute Gasteiger partial charge is 0.210 e. The number of rotatable bonds is 3. The third-order valence-corrected chi connectivity index (χ3v) is 3.37. The summed E-state index contributed by atoms with van der Waals surface area (Å²) < 4.78 is 0. The van der Waals surface area contributed by atoms with Crippen molar-refractivity contribution in [2.75, 3.05) is 13.1 Å². The zero-order chi connectivity index (χ0) is 13.3. The van der Waals surface area contributed by atoms with E-state index in [1.165, 1.54) is 6.08 Å². The number of allylic oxidation sites excluding steroid dienone is 2. The van der Waals surface area contributed by atoms with E-state index in [-0.39, 0.29) is 11.6 Å². The molecular weight excluding hydrogens is 226 g/mol. The maximum Gasteiger partial charge on any atom is 0.210 e. The number of carbonyl (C=O) groups excluding carboxylic acids is 2. The van der Waals surface area contributed by atoms with Crippen molar-refractivity contribution in [3.8, 4) is 0 Å². The number of fused-ring (bicyclic) bond motifs is 1. The summed E-state index contributed by atoms with van der Waals surface area (Å²) in [5.74, 6) is -0.110. The normalized spacial score (nSPS) is 14.3. The predicted octanol–water partition coefficient (Wildman–Crippen LogP) is 2.60. The summed E-state index contributed by atoms with van der Waals surface area (Å²) in [6.07, 6.45) is 1.47. The molecule has 2 rings (SSSR count). The molecule has 0 N–H and O–H groups in total. The number of carbonyl (C=O) groups is 2. The molecule has 0 atom stereocenters. The number of hydrogen-bond donors (Lipinski definition) is 0. The van der Waals surface area contributed by atoms with Gasteiger partial charge in [-0.3, -0.25) is 9.59 Å². The van der Waals surface area contributed by atoms with Crippen molar-refractivity contribution in [1.29, 1.82) is 0 Å². The lowest BCUT2D eigenvalue weighted by Gasteiger charge is -2.26. The van der Waals surface area contributed by atoms with Crippen molar-refractivity contribution in [2.45, 2.75) is 20.8 Å². The van der Waals surface area contributed by atoms with Crippen molar-refractivity contribution < 1.29 is 9.59 Å². The molecule has 3 heteroatoms. The lowest BCUT2D eigenvalue weighted by Crippen LogP contribution is -2.31. The number of ketones is 2. The lowest BCUT2D eigenvalue weighted by molar-refractivity contribution is 0.0952. The second-order valence-electron chi connectivity index (χ2n) is 4.39. The minimum atomic E-state index is -0.0739. The van der Waals surface area contributed by atoms with Gasteiger partial charge in [-0.1, -0.05) is 18.2 Å². The van der Waals surface area contributed by atoms with E-state index in [1.807, 2.05) is 37.8 Å². The summed E-state index contributed by atoms with van der Waals surface area (Å²) in [6, 6.07) is 5.41. The molecule has 0 amide bonds. The molecule has 0 saturated carbocycles. The highest BCUT2D eigenvalue weighted by molar-refractivity contribution is 6.24. The minimum Gasteiger partial charge on any atom is -0.369 e. The van der Waals surface area contributed by atoms with Gasteiger partial charge in [0.2, 0.25) is 5.78 Å². The van der Waals surface area contributed by atoms with Crippen molar-refractivity contribution in [2.24, 2.45) is 0 Å². The molecule has 1 aromatic carbocycles. The van der Waals surface area contributed by atoms with Crippen LogP contribution in [0.3, 0.4) is 0 Å². The van der Waals surface area contributed by atoms with Crippen LogP contribution in [0.1, 0.15) is 40.1 Å². The van der Waals surface area contributed by atoms with Crippen LogP contribution in [0.5, 0.6) is 0 Å². The van der Waals surface area contributed by atoms with Gasteiger partial charge in [0, 0.05) is 30.3 Å². The molecule has 0 aromatic heterocycles. The first-order valence-electron chi connectivity index (χ1n) is 6.25. The van der Waals surface area contributed by atoms with Gasteiger partial charge in [-0.05, 0) is 26.3 Å². The average Bonchev–Trinajstić information content (AvgIpc) is 2.36. The fourth-order valence-electron chi connectivity index (χ4n) is 2.37. The van der Waals surface area contributed by atoms with Gasteiger partial charge in [0.25, 0.3) is 0 Å². The van der Waals surface area contributed by atoms with E-state index in [0.29, 0.717) is 16.8 Å². The average molecular weight is 243 g/mol. The van der Waals surface area contributed by atoms with Crippen molar-refractivity contribution in [1.82, 2.24) is 4.90 Å². The van der Waals surface area contributed by atoms with Crippen molar-refractivity contribution >= 4 is 11.6 Å². The summed E-state index contributed by atoms with van der Waals surface area (Å²) in [5, 5.41) is 0. The maximum absolute atomic E-state index is 12.5. The van der Waals surface area contributed by atoms with Crippen LogP contribution in [0.15, 0.2) is 30.0 Å². The molecule has 0 bridgehead atoms. The first-order chi connectivity index (χ1) is 8.60. The number of likely N-dealkylation sites (N-methyl/N-ethyl adjacent to an activating group) is 1. The van der Waals surface area contributed by atoms with Gasteiger partial charge in [-0.25, -0.2) is 0 Å². The van der Waals surface area contributed by atoms with E-state index in [1.54, 1.807) is 6.07 Å². The van der Waals surface area contributed by atoms with E-state index in [0.717, 1.165) is 18.7 Å². The number of hydrogen-bond acceptors (Lipinski definition) is 3. The topological polar surface area (TPSA) is 37.4 Å². The maximum atomic E-state index is 12.5. The van der Waals surface area contributed by atoms with Gasteiger partial charge in [-0.15, -0.1) is 0 Å². The Morgan fingerprint density at radius 3 is 2.39 bits per heavy atom. The van der Waals surface area contributed by atoms with Gasteiger partial charge in [0.1, 0.15) is 0 Å². The molecule has 3 nitrogen and oxygen atoms in total. The van der Waals surface area contributed by atoms with Gasteiger partial charge in [0.05, 0.1) is 5.70 Å². The summed E-state index contributed by atoms with van der Waals surface area (Å²) in [6.45, 7) is 7.28. The standard InChI is InChI=1S/C15H17NO2/c1-4-16(5-2)12-9-13(17)11-8-6-7-10(3)14(11)15(12)18/h6-9H,4-5H2,1-3H3. The van der Waals surface area contributed by atoms with Crippen molar-refractivity contribution in [3.63, 3.8) is 0 Å². The van der Waals surface area contributed by atoms with Crippen LogP contribution in [0.2, 0.25) is 0 Å². The Hall–Kier alpha value is -1.90. The predicted molar refractivity (Wildman–Crippen MR) is 70.8 cm³/mol. The molecule has 0 saturated heterocycles. The Morgan fingerprint density at radius 1 is 1.11 bits per heavy atom. The van der Waals surface area contributed by atoms with Crippen LogP contribution in [-0.2, 0) is 0 Å². The van der Waals surface area contributed by atoms with Crippen LogP contribution < -0.4 is 0 Å². The van der Waals surface area contributed by atoms with Crippen LogP contribution in [0.25, 0.3) is 0 Å². The molecule has 0 heterocycles. The number of benzene rings is 1. The van der Waals surface area contributed by atoms with Crippen LogP contribution >= 0.6 is 0 Å². The summed E-state index contributed by atoms with van der Waals surface area (Å²) in [7, 11) is 0. The minimum absolute atomic E-state index is 0.0357. The fraction of sp³-hybridized carbons (Fsp3) is 0.333. The molecule has 18 heavy (non-hydrogen) atoms. The van der Waals surface area contributed by atoms with Gasteiger partial charge in [-0.2, -0.15) is 0 Å². The summed E-state index contributed by atoms with van der Waals surface area (Å²) >= 11 is 0. The van der Waals surface area contributed by atoms with E-state index < -0.39 is 0 Å². The zero-order valence-electron chi connectivity index (χ0n) is 11.0. The monoisotopic (exact) mass is 243 g/mol. The van der Waals surface area contributed by atoms with Crippen LogP contribution in [0, 0.1) is 6.92 Å². The molecular formula is C15H17NO2.